The minimum Gasteiger partial charge on any atom is -0.0820 e. The summed E-state index contributed by atoms with van der Waals surface area (Å²) in [7, 11) is 0. The van der Waals surface area contributed by atoms with Crippen LogP contribution < -0.4 is 0 Å². The summed E-state index contributed by atoms with van der Waals surface area (Å²) < 4.78 is 0. The van der Waals surface area contributed by atoms with Crippen molar-refractivity contribution in [2.75, 3.05) is 0 Å². The topological polar surface area (TPSA) is 0 Å². The Hall–Kier alpha value is -0.780. The Morgan fingerprint density at radius 2 is 1.50 bits per heavy atom. The molecule has 0 nitrogen and oxygen atoms in total. The van der Waals surface area contributed by atoms with Gasteiger partial charge in [-0.05, 0) is 95.7 Å². The van der Waals surface area contributed by atoms with Gasteiger partial charge in [0.2, 0.25) is 0 Å². The van der Waals surface area contributed by atoms with Gasteiger partial charge >= 0.3 is 0 Å². The summed E-state index contributed by atoms with van der Waals surface area (Å²) in [4.78, 5) is 0. The Morgan fingerprint density at radius 3 is 2.12 bits per heavy atom. The first-order valence-corrected chi connectivity index (χ1v) is 14.5. The van der Waals surface area contributed by atoms with Gasteiger partial charge in [0.15, 0.2) is 0 Å². The molecule has 0 aromatic heterocycles. The minimum absolute atomic E-state index is 0.202. The van der Waals surface area contributed by atoms with Gasteiger partial charge < -0.3 is 0 Å². The van der Waals surface area contributed by atoms with Crippen LogP contribution in [-0.4, -0.2) is 0 Å². The van der Waals surface area contributed by atoms with E-state index in [1.165, 1.54) is 44.9 Å². The van der Waals surface area contributed by atoms with Crippen LogP contribution in [-0.2, 0) is 0 Å². The van der Waals surface area contributed by atoms with Crippen molar-refractivity contribution in [1.82, 2.24) is 0 Å². The largest absolute Gasteiger partial charge is 0.0820 e. The van der Waals surface area contributed by atoms with Crippen molar-refractivity contribution in [1.29, 1.82) is 0 Å². The average molecular weight is 467 g/mol. The highest BCUT2D eigenvalue weighted by atomic mass is 14.6. The van der Waals surface area contributed by atoms with Crippen molar-refractivity contribution in [3.63, 3.8) is 0 Å². The lowest BCUT2D eigenvalue weighted by molar-refractivity contribution is 0.0705. The molecule has 0 radical (unpaired) electrons. The fraction of sp³-hybridized carbons (Fsp3) is 0.824. The third-order valence-electron chi connectivity index (χ3n) is 11.6. The molecule has 0 saturated heterocycles. The fourth-order valence-electron chi connectivity index (χ4n) is 7.68. The van der Waals surface area contributed by atoms with E-state index in [-0.39, 0.29) is 16.2 Å². The van der Waals surface area contributed by atoms with Crippen molar-refractivity contribution in [2.45, 2.75) is 128 Å². The quantitative estimate of drug-likeness (QED) is 0.361. The maximum absolute atomic E-state index is 2.65. The van der Waals surface area contributed by atoms with E-state index in [2.05, 4.69) is 107 Å². The molecule has 0 spiro atoms. The van der Waals surface area contributed by atoms with Crippen LogP contribution in [0.2, 0.25) is 0 Å². The third-order valence-corrected chi connectivity index (χ3v) is 11.6. The van der Waals surface area contributed by atoms with Crippen LogP contribution in [0.25, 0.3) is 0 Å². The van der Waals surface area contributed by atoms with Crippen LogP contribution in [0.1, 0.15) is 128 Å². The van der Waals surface area contributed by atoms with Gasteiger partial charge in [-0.25, -0.2) is 0 Å². The number of hydrogen-bond acceptors (Lipinski definition) is 0. The van der Waals surface area contributed by atoms with Crippen molar-refractivity contribution >= 4 is 0 Å². The molecule has 0 aromatic carbocycles. The van der Waals surface area contributed by atoms with Crippen LogP contribution in [0.5, 0.6) is 0 Å². The van der Waals surface area contributed by atoms with Gasteiger partial charge in [0.05, 0.1) is 0 Å². The first-order chi connectivity index (χ1) is 15.4. The van der Waals surface area contributed by atoms with Crippen LogP contribution in [0.3, 0.4) is 0 Å². The summed E-state index contributed by atoms with van der Waals surface area (Å²) >= 11 is 0. The van der Waals surface area contributed by atoms with E-state index in [4.69, 9.17) is 0 Å². The molecule has 3 fully saturated rings. The second-order valence-electron chi connectivity index (χ2n) is 15.8. The molecule has 3 aliphatic carbocycles. The summed E-state index contributed by atoms with van der Waals surface area (Å²) in [5.41, 5.74) is 4.95. The number of rotatable bonds is 4. The number of allylic oxidation sites excluding steroid dienone is 6. The highest BCUT2D eigenvalue weighted by Crippen LogP contribution is 2.62. The van der Waals surface area contributed by atoms with Crippen LogP contribution in [0.15, 0.2) is 35.5 Å². The van der Waals surface area contributed by atoms with Gasteiger partial charge in [0.25, 0.3) is 0 Å². The maximum atomic E-state index is 2.65. The molecule has 5 atom stereocenters. The van der Waals surface area contributed by atoms with Gasteiger partial charge in [0, 0.05) is 0 Å². The second kappa shape index (κ2) is 9.27. The van der Waals surface area contributed by atoms with E-state index < -0.39 is 0 Å². The molecule has 0 aromatic rings. The predicted molar refractivity (Wildman–Crippen MR) is 152 cm³/mol. The highest BCUT2D eigenvalue weighted by Gasteiger charge is 2.53. The number of fused-ring (bicyclic) bond motifs is 1. The second-order valence-corrected chi connectivity index (χ2v) is 15.8. The van der Waals surface area contributed by atoms with Gasteiger partial charge in [-0.1, -0.05) is 119 Å². The zero-order valence-electron chi connectivity index (χ0n) is 25.1. The highest BCUT2D eigenvalue weighted by molar-refractivity contribution is 5.29. The van der Waals surface area contributed by atoms with Gasteiger partial charge in [0.1, 0.15) is 0 Å². The third kappa shape index (κ3) is 5.18. The van der Waals surface area contributed by atoms with Gasteiger partial charge in [-0.15, -0.1) is 0 Å². The summed E-state index contributed by atoms with van der Waals surface area (Å²) in [6, 6.07) is 0. The molecule has 0 heteroatoms. The molecule has 0 bridgehead atoms. The molecule has 0 aliphatic heterocycles. The Labute approximate surface area is 214 Å². The fourth-order valence-corrected chi connectivity index (χ4v) is 7.68. The molecule has 34 heavy (non-hydrogen) atoms. The SMILES string of the molecule is C[C@@H]1C/C(=C/C=C2\CCC[C@]3(C)[C@@H](C(C)(C)/C=C/C(C)(C)C(C)(C)C)CC[C@@H]23)C(C)(C)[C@@H](C)C1. The zero-order chi connectivity index (χ0) is 25.7. The molecular weight excluding hydrogens is 408 g/mol. The standard InChI is InChI=1S/C34H58/c1-24-22-25(2)33(10,11)27(23-24)16-15-26-14-13-19-34(12)28(26)17-18-29(34)31(6,7)20-21-32(8,9)30(3,4)5/h15-16,20-21,24-25,28-29H,13-14,17-19,22-23H2,1-12H3/b21-20+,26-15+,27-16-/t24-,25-,28-,29+,34-/m0/s1. The molecular formula is C34H58. The van der Waals surface area contributed by atoms with Crippen molar-refractivity contribution in [3.05, 3.63) is 35.5 Å². The summed E-state index contributed by atoms with van der Waals surface area (Å²) in [5, 5.41) is 0. The predicted octanol–water partition coefficient (Wildman–Crippen LogP) is 10.8. The first-order valence-electron chi connectivity index (χ1n) is 14.5. The molecule has 0 unspecified atom stereocenters. The van der Waals surface area contributed by atoms with Crippen LogP contribution in [0.4, 0.5) is 0 Å². The molecule has 3 aliphatic rings. The van der Waals surface area contributed by atoms with E-state index in [9.17, 15) is 0 Å². The summed E-state index contributed by atoms with van der Waals surface area (Å²) in [6.07, 6.45) is 19.8. The Kier molecular flexibility index (Phi) is 7.58. The summed E-state index contributed by atoms with van der Waals surface area (Å²) in [5.74, 6) is 3.14. The van der Waals surface area contributed by atoms with E-state index in [0.717, 1.165) is 23.7 Å². The van der Waals surface area contributed by atoms with E-state index in [0.29, 0.717) is 10.8 Å². The first kappa shape index (κ1) is 27.8. The average Bonchev–Trinajstić information content (AvgIpc) is 3.06. The van der Waals surface area contributed by atoms with Gasteiger partial charge in [-0.3, -0.25) is 0 Å². The van der Waals surface area contributed by atoms with Gasteiger partial charge in [-0.2, -0.15) is 0 Å². The molecule has 0 amide bonds. The smallest absolute Gasteiger partial charge is 0.0116 e. The van der Waals surface area contributed by atoms with E-state index in [1.54, 1.807) is 11.1 Å². The molecule has 3 rings (SSSR count). The Balaban J connectivity index is 1.86. The normalized spacial score (nSPS) is 37.5. The van der Waals surface area contributed by atoms with Crippen LogP contribution >= 0.6 is 0 Å². The maximum Gasteiger partial charge on any atom is -0.0116 e. The van der Waals surface area contributed by atoms with Crippen LogP contribution in [0, 0.1) is 50.7 Å². The molecule has 0 N–H and O–H groups in total. The van der Waals surface area contributed by atoms with Crippen molar-refractivity contribution in [2.24, 2.45) is 50.7 Å². The number of hydrogen-bond donors (Lipinski definition) is 0. The lowest BCUT2D eigenvalue weighted by Gasteiger charge is -2.48. The Morgan fingerprint density at radius 1 is 0.853 bits per heavy atom. The summed E-state index contributed by atoms with van der Waals surface area (Å²) in [6.45, 7) is 29.5. The molecule has 194 valence electrons. The lowest BCUT2D eigenvalue weighted by Crippen LogP contribution is -2.39. The monoisotopic (exact) mass is 466 g/mol. The van der Waals surface area contributed by atoms with Crippen molar-refractivity contribution < 1.29 is 0 Å². The Bertz CT molecular complexity index is 821. The van der Waals surface area contributed by atoms with E-state index in [1.807, 2.05) is 0 Å². The van der Waals surface area contributed by atoms with E-state index >= 15 is 0 Å². The zero-order valence-corrected chi connectivity index (χ0v) is 25.1. The molecule has 3 saturated carbocycles. The molecule has 0 heterocycles. The lowest BCUT2D eigenvalue weighted by atomic mass is 9.57. The minimum atomic E-state index is 0.202. The van der Waals surface area contributed by atoms with Crippen molar-refractivity contribution in [3.8, 4) is 0 Å².